The van der Waals surface area contributed by atoms with Gasteiger partial charge in [-0.25, -0.2) is 18.2 Å². The van der Waals surface area contributed by atoms with E-state index in [2.05, 4.69) is 38.2 Å². The van der Waals surface area contributed by atoms with Gasteiger partial charge in [0.2, 0.25) is 0 Å². The first-order chi connectivity index (χ1) is 16.3. The molecule has 0 aliphatic heterocycles. The summed E-state index contributed by atoms with van der Waals surface area (Å²) < 4.78 is 28.1. The molecule has 0 radical (unpaired) electrons. The number of anilines is 1. The fraction of sp³-hybridized carbons (Fsp3) is 0.136. The van der Waals surface area contributed by atoms with Crippen LogP contribution in [0.15, 0.2) is 65.8 Å². The van der Waals surface area contributed by atoms with E-state index in [0.29, 0.717) is 16.6 Å². The van der Waals surface area contributed by atoms with E-state index >= 15 is 0 Å². The van der Waals surface area contributed by atoms with Gasteiger partial charge >= 0.3 is 6.03 Å². The number of imide groups is 1. The van der Waals surface area contributed by atoms with E-state index in [4.69, 9.17) is 11.6 Å². The highest BCUT2D eigenvalue weighted by Crippen LogP contribution is 2.29. The molecule has 0 aliphatic rings. The molecule has 2 heterocycles. The number of aromatic nitrogens is 2. The fourth-order valence-corrected chi connectivity index (χ4v) is 6.58. The largest absolute Gasteiger partial charge is 0.327 e. The van der Waals surface area contributed by atoms with Crippen LogP contribution >= 0.6 is 45.5 Å². The lowest BCUT2D eigenvalue weighted by atomic mass is 10.2. The number of halogens is 2. The minimum atomic E-state index is -3.38. The lowest BCUT2D eigenvalue weighted by molar-refractivity contribution is 0.0967. The second kappa shape index (κ2) is 10.4. The van der Waals surface area contributed by atoms with E-state index in [1.54, 1.807) is 30.3 Å². The summed E-state index contributed by atoms with van der Waals surface area (Å²) in [6, 6.07) is 12.5. The number of benzene rings is 2. The Morgan fingerprint density at radius 3 is 2.62 bits per heavy atom. The number of alkyl halides is 1. The van der Waals surface area contributed by atoms with Crippen molar-refractivity contribution in [3.8, 4) is 5.69 Å². The number of nitrogens with one attached hydrogen (secondary N) is 2. The number of carbonyl (C=O) groups is 2. The topological polar surface area (TPSA) is 110 Å². The second-order valence-corrected chi connectivity index (χ2v) is 11.8. The SMILES string of the molecule is O=C(NC(=O)c1cc(-n2cccc2)ccc1Cl)Nc1nc2ccc(S(=O)(=O)CCCI)cc2s1. The van der Waals surface area contributed by atoms with Crippen molar-refractivity contribution < 1.29 is 18.0 Å². The molecule has 8 nitrogen and oxygen atoms in total. The average molecular weight is 629 g/mol. The van der Waals surface area contributed by atoms with Crippen molar-refractivity contribution in [2.24, 2.45) is 0 Å². The van der Waals surface area contributed by atoms with E-state index in [1.807, 2.05) is 29.1 Å². The Bertz CT molecular complexity index is 1470. The van der Waals surface area contributed by atoms with Gasteiger partial charge in [0.25, 0.3) is 5.91 Å². The average Bonchev–Trinajstić information content (AvgIpc) is 3.47. The predicted octanol–water partition coefficient (Wildman–Crippen LogP) is 5.30. The molecule has 12 heteroatoms. The summed E-state index contributed by atoms with van der Waals surface area (Å²) in [6.07, 6.45) is 4.22. The van der Waals surface area contributed by atoms with Crippen molar-refractivity contribution in [3.63, 3.8) is 0 Å². The highest BCUT2D eigenvalue weighted by atomic mass is 127. The maximum absolute atomic E-state index is 12.7. The van der Waals surface area contributed by atoms with Gasteiger partial charge in [0, 0.05) is 22.5 Å². The van der Waals surface area contributed by atoms with Crippen molar-refractivity contribution in [2.45, 2.75) is 11.3 Å². The van der Waals surface area contributed by atoms with E-state index in [-0.39, 0.29) is 26.4 Å². The van der Waals surface area contributed by atoms with E-state index < -0.39 is 21.8 Å². The molecule has 0 spiro atoms. The molecule has 4 rings (SSSR count). The zero-order chi connectivity index (χ0) is 24.3. The molecule has 0 fully saturated rings. The van der Waals surface area contributed by atoms with Crippen LogP contribution in [0.2, 0.25) is 5.02 Å². The molecule has 0 aliphatic carbocycles. The van der Waals surface area contributed by atoms with E-state index in [0.717, 1.165) is 21.5 Å². The number of carbonyl (C=O) groups excluding carboxylic acids is 2. The molecule has 3 amide bonds. The summed E-state index contributed by atoms with van der Waals surface area (Å²) in [5.41, 5.74) is 1.41. The minimum absolute atomic E-state index is 0.0734. The second-order valence-electron chi connectivity index (χ2n) is 7.17. The van der Waals surface area contributed by atoms with Crippen molar-refractivity contribution in [1.82, 2.24) is 14.9 Å². The molecule has 176 valence electrons. The van der Waals surface area contributed by atoms with Gasteiger partial charge < -0.3 is 4.57 Å². The van der Waals surface area contributed by atoms with Crippen molar-refractivity contribution in [2.75, 3.05) is 15.5 Å². The van der Waals surface area contributed by atoms with Gasteiger partial charge in [-0.05, 0) is 55.0 Å². The van der Waals surface area contributed by atoms with Gasteiger partial charge in [-0.15, -0.1) is 0 Å². The van der Waals surface area contributed by atoms with Crippen molar-refractivity contribution >= 4 is 82.7 Å². The Balaban J connectivity index is 1.47. The first kappa shape index (κ1) is 24.6. The number of sulfone groups is 1. The first-order valence-electron chi connectivity index (χ1n) is 10.0. The molecular weight excluding hydrogens is 611 g/mol. The van der Waals surface area contributed by atoms with Crippen LogP contribution < -0.4 is 10.6 Å². The number of hydrogen-bond donors (Lipinski definition) is 2. The van der Waals surface area contributed by atoms with Gasteiger partial charge in [-0.1, -0.05) is 45.5 Å². The zero-order valence-electron chi connectivity index (χ0n) is 17.5. The summed E-state index contributed by atoms with van der Waals surface area (Å²) in [4.78, 5) is 29.6. The third-order valence-corrected chi connectivity index (χ3v) is 8.63. The van der Waals surface area contributed by atoms with Crippen LogP contribution in [0.3, 0.4) is 0 Å². The molecular formula is C22H18ClIN4O4S2. The normalized spacial score (nSPS) is 11.5. The van der Waals surface area contributed by atoms with Crippen LogP contribution in [0.5, 0.6) is 0 Å². The van der Waals surface area contributed by atoms with Gasteiger partial charge in [-0.3, -0.25) is 15.4 Å². The smallest absolute Gasteiger partial charge is 0.324 e. The fourth-order valence-electron chi connectivity index (χ4n) is 3.17. The zero-order valence-corrected chi connectivity index (χ0v) is 22.0. The van der Waals surface area contributed by atoms with E-state index in [1.165, 1.54) is 6.07 Å². The third kappa shape index (κ3) is 5.59. The Morgan fingerprint density at radius 1 is 1.12 bits per heavy atom. The molecule has 2 aromatic heterocycles. The summed E-state index contributed by atoms with van der Waals surface area (Å²) in [5.74, 6) is -0.592. The maximum atomic E-state index is 12.7. The minimum Gasteiger partial charge on any atom is -0.324 e. The monoisotopic (exact) mass is 628 g/mol. The van der Waals surface area contributed by atoms with Gasteiger partial charge in [0.15, 0.2) is 15.0 Å². The van der Waals surface area contributed by atoms with Crippen LogP contribution in [-0.4, -0.2) is 40.1 Å². The summed E-state index contributed by atoms with van der Waals surface area (Å²) in [6.45, 7) is 0. The number of hydrogen-bond acceptors (Lipinski definition) is 6. The van der Waals surface area contributed by atoms with Crippen LogP contribution in [0.1, 0.15) is 16.8 Å². The number of amides is 3. The number of urea groups is 1. The molecule has 0 atom stereocenters. The summed E-state index contributed by atoms with van der Waals surface area (Å²) in [5, 5.41) is 5.21. The van der Waals surface area contributed by atoms with Crippen LogP contribution in [0, 0.1) is 0 Å². The lowest BCUT2D eigenvalue weighted by Crippen LogP contribution is -2.34. The number of fused-ring (bicyclic) bond motifs is 1. The number of thiazole rings is 1. The van der Waals surface area contributed by atoms with Crippen LogP contribution in [-0.2, 0) is 9.84 Å². The van der Waals surface area contributed by atoms with Crippen molar-refractivity contribution in [3.05, 3.63) is 71.5 Å². The Morgan fingerprint density at radius 2 is 1.88 bits per heavy atom. The van der Waals surface area contributed by atoms with Gasteiger partial charge in [-0.2, -0.15) is 0 Å². The first-order valence-corrected chi connectivity index (χ1v) is 14.4. The standard InChI is InChI=1S/C22H18ClIN4O4S2/c23-17-6-4-14(28-9-1-2-10-28)12-16(17)20(29)26-21(30)27-22-25-18-7-5-15(13-19(18)33-22)34(31,32)11-3-8-24/h1-2,4-7,9-10,12-13H,3,8,11H2,(H2,25,26,27,29,30). The summed E-state index contributed by atoms with van der Waals surface area (Å²) >= 11 is 9.43. The Hall–Kier alpha value is -2.48. The molecule has 0 saturated heterocycles. The Kier molecular flexibility index (Phi) is 7.55. The number of rotatable bonds is 7. The summed E-state index contributed by atoms with van der Waals surface area (Å²) in [7, 11) is -3.38. The molecule has 34 heavy (non-hydrogen) atoms. The molecule has 0 bridgehead atoms. The quantitative estimate of drug-likeness (QED) is 0.213. The molecule has 4 aromatic rings. The van der Waals surface area contributed by atoms with Crippen LogP contribution in [0.4, 0.5) is 9.93 Å². The van der Waals surface area contributed by atoms with Crippen LogP contribution in [0.25, 0.3) is 15.9 Å². The van der Waals surface area contributed by atoms with E-state index in [9.17, 15) is 18.0 Å². The third-order valence-electron chi connectivity index (χ3n) is 4.81. The highest BCUT2D eigenvalue weighted by molar-refractivity contribution is 14.1. The van der Waals surface area contributed by atoms with Gasteiger partial charge in [0.1, 0.15) is 0 Å². The Labute approximate surface area is 218 Å². The van der Waals surface area contributed by atoms with Crippen molar-refractivity contribution in [1.29, 1.82) is 0 Å². The maximum Gasteiger partial charge on any atom is 0.327 e. The number of nitrogens with zero attached hydrogens (tertiary/aromatic N) is 2. The molecule has 2 aromatic carbocycles. The lowest BCUT2D eigenvalue weighted by Gasteiger charge is -2.09. The highest BCUT2D eigenvalue weighted by Gasteiger charge is 2.18. The molecule has 2 N–H and O–H groups in total. The molecule has 0 unspecified atom stereocenters. The van der Waals surface area contributed by atoms with Gasteiger partial charge in [0.05, 0.1) is 31.5 Å². The predicted molar refractivity (Wildman–Crippen MR) is 142 cm³/mol. The molecule has 0 saturated carbocycles.